The largest absolute Gasteiger partial charge is 0.454 e. The first kappa shape index (κ1) is 17.5. The van der Waals surface area contributed by atoms with Gasteiger partial charge < -0.3 is 25.4 Å². The molecule has 0 spiro atoms. The van der Waals surface area contributed by atoms with Gasteiger partial charge >= 0.3 is 6.03 Å². The standard InChI is InChI=1S/C21H25N3O3/c1-13(2)10-23-21(25)24-17-5-3-15-7-16(11-22-18(15)9-17)14-4-6-19-20(8-14)27-12-26-19/h3-6,8-9,13,16,22H,7,10-12H2,1-2H3,(H2,23,24,25). The number of nitrogens with one attached hydrogen (secondary N) is 3. The van der Waals surface area contributed by atoms with Crippen LogP contribution in [0.25, 0.3) is 0 Å². The lowest BCUT2D eigenvalue weighted by atomic mass is 9.88. The molecule has 2 aliphatic heterocycles. The molecule has 2 aromatic carbocycles. The third-order valence-electron chi connectivity index (χ3n) is 4.91. The molecular formula is C21H25N3O3. The van der Waals surface area contributed by atoms with Gasteiger partial charge in [0, 0.05) is 30.4 Å². The van der Waals surface area contributed by atoms with E-state index in [-0.39, 0.29) is 6.03 Å². The number of hydrogen-bond acceptors (Lipinski definition) is 4. The lowest BCUT2D eigenvalue weighted by molar-refractivity contribution is 0.174. The molecule has 0 saturated heterocycles. The second-order valence-corrected chi connectivity index (χ2v) is 7.50. The first-order valence-corrected chi connectivity index (χ1v) is 9.39. The summed E-state index contributed by atoms with van der Waals surface area (Å²) in [4.78, 5) is 12.0. The van der Waals surface area contributed by atoms with Crippen molar-refractivity contribution in [1.29, 1.82) is 0 Å². The van der Waals surface area contributed by atoms with E-state index >= 15 is 0 Å². The number of fused-ring (bicyclic) bond motifs is 2. The molecule has 2 amide bonds. The number of anilines is 2. The summed E-state index contributed by atoms with van der Waals surface area (Å²) in [6, 6.07) is 12.0. The van der Waals surface area contributed by atoms with Gasteiger partial charge in [-0.25, -0.2) is 4.79 Å². The first-order valence-electron chi connectivity index (χ1n) is 9.39. The summed E-state index contributed by atoms with van der Waals surface area (Å²) in [5.74, 6) is 2.44. The van der Waals surface area contributed by atoms with Gasteiger partial charge in [0.15, 0.2) is 11.5 Å². The first-order chi connectivity index (χ1) is 13.1. The number of carbonyl (C=O) groups excluding carboxylic acids is 1. The van der Waals surface area contributed by atoms with Crippen LogP contribution in [0.15, 0.2) is 36.4 Å². The molecule has 3 N–H and O–H groups in total. The topological polar surface area (TPSA) is 71.6 Å². The minimum atomic E-state index is -0.169. The number of rotatable bonds is 4. The lowest BCUT2D eigenvalue weighted by Crippen LogP contribution is -2.31. The van der Waals surface area contributed by atoms with Crippen molar-refractivity contribution in [3.63, 3.8) is 0 Å². The van der Waals surface area contributed by atoms with Crippen molar-refractivity contribution in [1.82, 2.24) is 5.32 Å². The predicted octanol–water partition coefficient (Wildman–Crippen LogP) is 3.94. The molecule has 0 fully saturated rings. The van der Waals surface area contributed by atoms with Crippen molar-refractivity contribution in [3.05, 3.63) is 47.5 Å². The number of amides is 2. The molecule has 1 unspecified atom stereocenters. The third-order valence-corrected chi connectivity index (χ3v) is 4.91. The fourth-order valence-electron chi connectivity index (χ4n) is 3.44. The van der Waals surface area contributed by atoms with E-state index in [1.54, 1.807) is 0 Å². The van der Waals surface area contributed by atoms with E-state index in [9.17, 15) is 4.79 Å². The fraction of sp³-hybridized carbons (Fsp3) is 0.381. The van der Waals surface area contributed by atoms with Crippen LogP contribution in [0.5, 0.6) is 11.5 Å². The molecule has 6 nitrogen and oxygen atoms in total. The van der Waals surface area contributed by atoms with Gasteiger partial charge in [0.05, 0.1) is 0 Å². The molecule has 142 valence electrons. The van der Waals surface area contributed by atoms with Crippen molar-refractivity contribution in [2.24, 2.45) is 5.92 Å². The third kappa shape index (κ3) is 3.94. The Labute approximate surface area is 159 Å². The van der Waals surface area contributed by atoms with Crippen LogP contribution in [0.1, 0.15) is 30.9 Å². The van der Waals surface area contributed by atoms with Gasteiger partial charge in [-0.1, -0.05) is 26.0 Å². The van der Waals surface area contributed by atoms with E-state index in [4.69, 9.17) is 9.47 Å². The van der Waals surface area contributed by atoms with E-state index in [1.807, 2.05) is 18.2 Å². The van der Waals surface area contributed by atoms with Gasteiger partial charge in [-0.3, -0.25) is 0 Å². The van der Waals surface area contributed by atoms with Gasteiger partial charge in [-0.2, -0.15) is 0 Å². The SMILES string of the molecule is CC(C)CNC(=O)Nc1ccc2c(c1)NCC(c1ccc3c(c1)OCO3)C2. The Bertz CT molecular complexity index is 851. The molecule has 6 heteroatoms. The van der Waals surface area contributed by atoms with E-state index in [1.165, 1.54) is 11.1 Å². The number of benzene rings is 2. The van der Waals surface area contributed by atoms with Gasteiger partial charge in [0.1, 0.15) is 0 Å². The summed E-state index contributed by atoms with van der Waals surface area (Å²) in [5.41, 5.74) is 4.36. The molecule has 4 rings (SSSR count). The van der Waals surface area contributed by atoms with Crippen molar-refractivity contribution in [2.75, 3.05) is 30.5 Å². The summed E-state index contributed by atoms with van der Waals surface area (Å²) in [7, 11) is 0. The van der Waals surface area contributed by atoms with E-state index < -0.39 is 0 Å². The second kappa shape index (κ2) is 7.39. The Balaban J connectivity index is 1.42. The highest BCUT2D eigenvalue weighted by atomic mass is 16.7. The zero-order valence-corrected chi connectivity index (χ0v) is 15.7. The second-order valence-electron chi connectivity index (χ2n) is 7.50. The summed E-state index contributed by atoms with van der Waals surface area (Å²) in [5, 5.41) is 9.26. The van der Waals surface area contributed by atoms with Crippen LogP contribution in [0.2, 0.25) is 0 Å². The van der Waals surface area contributed by atoms with Gasteiger partial charge in [0.2, 0.25) is 6.79 Å². The van der Waals surface area contributed by atoms with Crippen LogP contribution in [-0.2, 0) is 6.42 Å². The zero-order chi connectivity index (χ0) is 18.8. The molecule has 0 saturated carbocycles. The number of carbonyl (C=O) groups is 1. The average molecular weight is 367 g/mol. The molecule has 0 radical (unpaired) electrons. The summed E-state index contributed by atoms with van der Waals surface area (Å²) in [6.45, 7) is 5.94. The Kier molecular flexibility index (Phi) is 4.79. The zero-order valence-electron chi connectivity index (χ0n) is 15.7. The fourth-order valence-corrected chi connectivity index (χ4v) is 3.44. The maximum absolute atomic E-state index is 12.0. The van der Waals surface area contributed by atoms with Crippen molar-refractivity contribution in [3.8, 4) is 11.5 Å². The normalized spacial score (nSPS) is 17.2. The van der Waals surface area contributed by atoms with Crippen molar-refractivity contribution in [2.45, 2.75) is 26.2 Å². The molecule has 2 aliphatic rings. The molecule has 27 heavy (non-hydrogen) atoms. The smallest absolute Gasteiger partial charge is 0.319 e. The molecule has 1 atom stereocenters. The molecule has 0 aromatic heterocycles. The molecular weight excluding hydrogens is 342 g/mol. The van der Waals surface area contributed by atoms with Crippen LogP contribution in [0.4, 0.5) is 16.2 Å². The summed E-state index contributed by atoms with van der Waals surface area (Å²) >= 11 is 0. The van der Waals surface area contributed by atoms with Crippen LogP contribution in [0.3, 0.4) is 0 Å². The van der Waals surface area contributed by atoms with Crippen LogP contribution in [0, 0.1) is 5.92 Å². The quantitative estimate of drug-likeness (QED) is 0.765. The minimum Gasteiger partial charge on any atom is -0.454 e. The summed E-state index contributed by atoms with van der Waals surface area (Å²) in [6.07, 6.45) is 0.946. The Morgan fingerprint density at radius 1 is 1.19 bits per heavy atom. The lowest BCUT2D eigenvalue weighted by Gasteiger charge is -2.27. The highest BCUT2D eigenvalue weighted by Gasteiger charge is 2.23. The van der Waals surface area contributed by atoms with E-state index in [0.717, 1.165) is 35.8 Å². The number of urea groups is 1. The van der Waals surface area contributed by atoms with Crippen molar-refractivity contribution >= 4 is 17.4 Å². The van der Waals surface area contributed by atoms with E-state index in [2.05, 4.69) is 48.0 Å². The molecule has 2 heterocycles. The molecule has 0 bridgehead atoms. The Morgan fingerprint density at radius 3 is 2.89 bits per heavy atom. The van der Waals surface area contributed by atoms with Crippen LogP contribution in [-0.4, -0.2) is 25.9 Å². The van der Waals surface area contributed by atoms with Crippen LogP contribution < -0.4 is 25.4 Å². The van der Waals surface area contributed by atoms with Gasteiger partial charge in [-0.15, -0.1) is 0 Å². The monoisotopic (exact) mass is 367 g/mol. The minimum absolute atomic E-state index is 0.169. The van der Waals surface area contributed by atoms with Crippen LogP contribution >= 0.6 is 0 Å². The number of ether oxygens (including phenoxy) is 2. The Hall–Kier alpha value is -2.89. The predicted molar refractivity (Wildman–Crippen MR) is 106 cm³/mol. The Morgan fingerprint density at radius 2 is 2.04 bits per heavy atom. The van der Waals surface area contributed by atoms with Gasteiger partial charge in [-0.05, 0) is 47.7 Å². The highest BCUT2D eigenvalue weighted by Crippen LogP contribution is 2.38. The highest BCUT2D eigenvalue weighted by molar-refractivity contribution is 5.90. The maximum Gasteiger partial charge on any atom is 0.319 e. The maximum atomic E-state index is 12.0. The van der Waals surface area contributed by atoms with E-state index in [0.29, 0.717) is 25.2 Å². The van der Waals surface area contributed by atoms with Gasteiger partial charge in [0.25, 0.3) is 0 Å². The molecule has 2 aromatic rings. The molecule has 0 aliphatic carbocycles. The van der Waals surface area contributed by atoms with Crippen molar-refractivity contribution < 1.29 is 14.3 Å². The average Bonchev–Trinajstić information content (AvgIpc) is 3.13. The number of hydrogen-bond donors (Lipinski definition) is 3. The summed E-state index contributed by atoms with van der Waals surface area (Å²) < 4.78 is 10.9.